The Morgan fingerprint density at radius 1 is 0.515 bits per heavy atom. The molecule has 160 valence electrons. The average Bonchev–Trinajstić information content (AvgIpc) is 3.04. The Bertz CT molecular complexity index is 1640. The molecule has 5 aromatic carbocycles. The average molecular weight is 425 g/mol. The largest absolute Gasteiger partial charge is 0.0616 e. The molecule has 0 radical (unpaired) electrons. The van der Waals surface area contributed by atoms with Crippen LogP contribution in [-0.4, -0.2) is 0 Å². The van der Waals surface area contributed by atoms with Crippen molar-refractivity contribution in [2.75, 3.05) is 0 Å². The fraction of sp³-hybridized carbons (Fsp3) is 0.212. The number of hydrogen-bond donors (Lipinski definition) is 0. The van der Waals surface area contributed by atoms with Crippen LogP contribution in [0.4, 0.5) is 0 Å². The van der Waals surface area contributed by atoms with Gasteiger partial charge >= 0.3 is 0 Å². The molecule has 7 rings (SSSR count). The molecular weight excluding hydrogens is 396 g/mol. The molecule has 0 aromatic heterocycles. The summed E-state index contributed by atoms with van der Waals surface area (Å²) < 4.78 is 0. The van der Waals surface area contributed by atoms with Gasteiger partial charge in [0.2, 0.25) is 0 Å². The zero-order valence-corrected chi connectivity index (χ0v) is 20.0. The van der Waals surface area contributed by atoms with E-state index < -0.39 is 0 Å². The van der Waals surface area contributed by atoms with E-state index in [9.17, 15) is 0 Å². The number of rotatable bonds is 1. The van der Waals surface area contributed by atoms with Crippen molar-refractivity contribution in [1.82, 2.24) is 0 Å². The summed E-state index contributed by atoms with van der Waals surface area (Å²) in [6, 6.07) is 30.1. The third-order valence-electron chi connectivity index (χ3n) is 8.49. The van der Waals surface area contributed by atoms with Crippen molar-refractivity contribution < 1.29 is 0 Å². The van der Waals surface area contributed by atoms with Gasteiger partial charge in [0.25, 0.3) is 0 Å². The predicted octanol–water partition coefficient (Wildman–Crippen LogP) is 8.91. The molecular formula is C33H28. The van der Waals surface area contributed by atoms with Crippen LogP contribution in [0.1, 0.15) is 55.5 Å². The van der Waals surface area contributed by atoms with E-state index in [0.29, 0.717) is 0 Å². The van der Waals surface area contributed by atoms with Crippen LogP contribution in [0, 0.1) is 6.92 Å². The number of aryl methyl sites for hydroxylation is 1. The molecule has 0 fully saturated rings. The summed E-state index contributed by atoms with van der Waals surface area (Å²) in [5.74, 6) is 0. The molecule has 33 heavy (non-hydrogen) atoms. The van der Waals surface area contributed by atoms with E-state index in [4.69, 9.17) is 0 Å². The smallest absolute Gasteiger partial charge is 0.0159 e. The Balaban J connectivity index is 1.67. The minimum absolute atomic E-state index is 0.0162. The van der Waals surface area contributed by atoms with Gasteiger partial charge in [-0.2, -0.15) is 0 Å². The molecule has 0 bridgehead atoms. The molecule has 0 aliphatic heterocycles. The molecule has 2 aliphatic rings. The molecule has 0 saturated carbocycles. The van der Waals surface area contributed by atoms with Gasteiger partial charge in [0.15, 0.2) is 0 Å². The minimum Gasteiger partial charge on any atom is -0.0616 e. The molecule has 0 N–H and O–H groups in total. The van der Waals surface area contributed by atoms with Gasteiger partial charge in [-0.15, -0.1) is 0 Å². The second-order valence-corrected chi connectivity index (χ2v) is 11.1. The fourth-order valence-corrected chi connectivity index (χ4v) is 6.58. The van der Waals surface area contributed by atoms with Crippen LogP contribution in [0.25, 0.3) is 43.8 Å². The molecule has 0 nitrogen and oxygen atoms in total. The maximum atomic E-state index is 2.48. The monoisotopic (exact) mass is 424 g/mol. The van der Waals surface area contributed by atoms with Crippen molar-refractivity contribution in [2.24, 2.45) is 0 Å². The van der Waals surface area contributed by atoms with Crippen LogP contribution in [0.3, 0.4) is 0 Å². The highest BCUT2D eigenvalue weighted by Gasteiger charge is 2.45. The van der Waals surface area contributed by atoms with Crippen molar-refractivity contribution in [3.05, 3.63) is 107 Å². The van der Waals surface area contributed by atoms with E-state index in [2.05, 4.69) is 113 Å². The van der Waals surface area contributed by atoms with Crippen LogP contribution < -0.4 is 0 Å². The highest BCUT2D eigenvalue weighted by Crippen LogP contribution is 2.60. The van der Waals surface area contributed by atoms with Crippen LogP contribution in [0.5, 0.6) is 0 Å². The Morgan fingerprint density at radius 2 is 1.18 bits per heavy atom. The summed E-state index contributed by atoms with van der Waals surface area (Å²) in [7, 11) is 0. The third-order valence-corrected chi connectivity index (χ3v) is 8.49. The van der Waals surface area contributed by atoms with Crippen LogP contribution in [0.15, 0.2) is 78.9 Å². The van der Waals surface area contributed by atoms with Crippen molar-refractivity contribution in [3.8, 4) is 22.3 Å². The SMILES string of the molecule is Cc1ccc(-c2cc3c4c(c2)C(C)(C)c2cc5ccccc5c5ccc(c-4c25)C3(C)C)cc1. The molecule has 0 amide bonds. The van der Waals surface area contributed by atoms with Crippen molar-refractivity contribution >= 4 is 21.5 Å². The number of fused-ring (bicyclic) bond motifs is 2. The van der Waals surface area contributed by atoms with E-state index in [1.165, 1.54) is 71.6 Å². The maximum absolute atomic E-state index is 2.48. The first-order chi connectivity index (χ1) is 15.8. The lowest BCUT2D eigenvalue weighted by Crippen LogP contribution is -2.24. The topological polar surface area (TPSA) is 0 Å². The first-order valence-electron chi connectivity index (χ1n) is 12.0. The molecule has 0 unspecified atom stereocenters. The lowest BCUT2D eigenvalue weighted by atomic mass is 9.67. The summed E-state index contributed by atoms with van der Waals surface area (Å²) in [5, 5.41) is 5.56. The first kappa shape index (κ1) is 19.1. The Morgan fingerprint density at radius 3 is 1.91 bits per heavy atom. The predicted molar refractivity (Wildman–Crippen MR) is 141 cm³/mol. The van der Waals surface area contributed by atoms with Gasteiger partial charge in [-0.25, -0.2) is 0 Å². The van der Waals surface area contributed by atoms with Gasteiger partial charge in [-0.1, -0.05) is 93.9 Å². The van der Waals surface area contributed by atoms with Crippen molar-refractivity contribution in [3.63, 3.8) is 0 Å². The quantitative estimate of drug-likeness (QED) is 0.236. The molecule has 0 heterocycles. The lowest BCUT2D eigenvalue weighted by Gasteiger charge is -2.36. The van der Waals surface area contributed by atoms with Crippen LogP contribution in [-0.2, 0) is 10.8 Å². The summed E-state index contributed by atoms with van der Waals surface area (Å²) >= 11 is 0. The minimum atomic E-state index is -0.0703. The van der Waals surface area contributed by atoms with Gasteiger partial charge in [0.05, 0.1) is 0 Å². The highest BCUT2D eigenvalue weighted by molar-refractivity contribution is 6.18. The zero-order chi connectivity index (χ0) is 22.7. The van der Waals surface area contributed by atoms with Gasteiger partial charge in [0, 0.05) is 10.8 Å². The van der Waals surface area contributed by atoms with Crippen LogP contribution in [0.2, 0.25) is 0 Å². The van der Waals surface area contributed by atoms with E-state index >= 15 is 0 Å². The number of benzene rings is 5. The maximum Gasteiger partial charge on any atom is 0.0159 e. The van der Waals surface area contributed by atoms with Gasteiger partial charge < -0.3 is 0 Å². The second-order valence-electron chi connectivity index (χ2n) is 11.1. The molecule has 0 spiro atoms. The number of hydrogen-bond acceptors (Lipinski definition) is 0. The fourth-order valence-electron chi connectivity index (χ4n) is 6.58. The molecule has 2 aliphatic carbocycles. The Hall–Kier alpha value is -3.38. The summed E-state index contributed by atoms with van der Waals surface area (Å²) in [5.41, 5.74) is 12.7. The van der Waals surface area contributed by atoms with E-state index in [1.807, 2.05) is 0 Å². The second kappa shape index (κ2) is 5.94. The van der Waals surface area contributed by atoms with E-state index in [1.54, 1.807) is 0 Å². The van der Waals surface area contributed by atoms with Crippen molar-refractivity contribution in [2.45, 2.75) is 45.4 Å². The van der Waals surface area contributed by atoms with Gasteiger partial charge in [-0.3, -0.25) is 0 Å². The highest BCUT2D eigenvalue weighted by atomic mass is 14.5. The lowest BCUT2D eigenvalue weighted by molar-refractivity contribution is 0.640. The Labute approximate surface area is 195 Å². The van der Waals surface area contributed by atoms with Gasteiger partial charge in [0.1, 0.15) is 0 Å². The normalized spacial score (nSPS) is 16.5. The molecule has 5 aromatic rings. The third kappa shape index (κ3) is 2.27. The van der Waals surface area contributed by atoms with Gasteiger partial charge in [-0.05, 0) is 91.2 Å². The Kier molecular flexibility index (Phi) is 3.44. The zero-order valence-electron chi connectivity index (χ0n) is 20.0. The molecule has 0 heteroatoms. The van der Waals surface area contributed by atoms with Crippen molar-refractivity contribution in [1.29, 1.82) is 0 Å². The standard InChI is InChI=1S/C33H28/c1-19-10-12-20(13-11-19)22-17-27-30-28(18-22)33(4,5)26-16-21-8-6-7-9-23(21)24-14-15-25(32(27,2)3)31(30)29(24)26/h6-18H,1-5H3. The molecule has 0 saturated heterocycles. The summed E-state index contributed by atoms with van der Waals surface area (Å²) in [6.45, 7) is 11.8. The summed E-state index contributed by atoms with van der Waals surface area (Å²) in [4.78, 5) is 0. The van der Waals surface area contributed by atoms with Crippen LogP contribution >= 0.6 is 0 Å². The summed E-state index contributed by atoms with van der Waals surface area (Å²) in [6.07, 6.45) is 0. The molecule has 0 atom stereocenters. The first-order valence-corrected chi connectivity index (χ1v) is 12.0. The van der Waals surface area contributed by atoms with E-state index in [-0.39, 0.29) is 10.8 Å². The van der Waals surface area contributed by atoms with E-state index in [0.717, 1.165) is 0 Å².